The Balaban J connectivity index is 2.01. The first kappa shape index (κ1) is 15.3. The summed E-state index contributed by atoms with van der Waals surface area (Å²) in [5.41, 5.74) is 1.09. The van der Waals surface area contributed by atoms with Crippen molar-refractivity contribution in [1.82, 2.24) is 9.88 Å². The maximum Gasteiger partial charge on any atom is 0.420 e. The molecule has 21 heavy (non-hydrogen) atoms. The van der Waals surface area contributed by atoms with Gasteiger partial charge in [-0.15, -0.1) is 0 Å². The molecule has 0 bridgehead atoms. The number of carbonyl (C=O) groups excluding carboxylic acids is 1. The van der Waals surface area contributed by atoms with E-state index in [9.17, 15) is 9.59 Å². The summed E-state index contributed by atoms with van der Waals surface area (Å²) in [6.45, 7) is 2.56. The fourth-order valence-corrected chi connectivity index (χ4v) is 2.25. The topological polar surface area (TPSA) is 84.5 Å². The van der Waals surface area contributed by atoms with Crippen LogP contribution in [0.4, 0.5) is 0 Å². The minimum atomic E-state index is -0.534. The van der Waals surface area contributed by atoms with Crippen molar-refractivity contribution < 1.29 is 14.3 Å². The van der Waals surface area contributed by atoms with Crippen LogP contribution in [0.1, 0.15) is 19.8 Å². The first-order valence-corrected chi connectivity index (χ1v) is 7.11. The summed E-state index contributed by atoms with van der Waals surface area (Å²) in [4.78, 5) is 23.7. The Morgan fingerprint density at radius 2 is 2.19 bits per heavy atom. The number of rotatable bonds is 7. The van der Waals surface area contributed by atoms with Gasteiger partial charge in [0.05, 0.1) is 5.52 Å². The number of oxazole rings is 1. The largest absolute Gasteiger partial charge is 0.420 e. The molecule has 2 N–H and O–H groups in total. The zero-order valence-electron chi connectivity index (χ0n) is 12.0. The minimum Gasteiger partial charge on any atom is -0.408 e. The second-order valence-electron chi connectivity index (χ2n) is 5.01. The van der Waals surface area contributed by atoms with Gasteiger partial charge in [0, 0.05) is 13.2 Å². The SMILES string of the molecule is CCC(CCO)CNC(=O)Cn1c(=O)oc2ccccc21. The molecule has 2 rings (SSSR count). The highest BCUT2D eigenvalue weighted by atomic mass is 16.4. The number of aliphatic hydroxyl groups is 1. The number of hydrogen-bond donors (Lipinski definition) is 2. The van der Waals surface area contributed by atoms with Crippen molar-refractivity contribution >= 4 is 17.0 Å². The van der Waals surface area contributed by atoms with Gasteiger partial charge in [0.25, 0.3) is 0 Å². The molecule has 1 amide bonds. The van der Waals surface area contributed by atoms with Gasteiger partial charge in [-0.05, 0) is 24.5 Å². The van der Waals surface area contributed by atoms with E-state index in [1.54, 1.807) is 24.3 Å². The van der Waals surface area contributed by atoms with Gasteiger partial charge in [-0.25, -0.2) is 4.79 Å². The summed E-state index contributed by atoms with van der Waals surface area (Å²) in [7, 11) is 0. The lowest BCUT2D eigenvalue weighted by Crippen LogP contribution is -2.34. The fraction of sp³-hybridized carbons (Fsp3) is 0.467. The number of para-hydroxylation sites is 2. The van der Waals surface area contributed by atoms with Crippen molar-refractivity contribution in [3.05, 3.63) is 34.8 Å². The molecule has 1 unspecified atom stereocenters. The molecule has 0 saturated carbocycles. The van der Waals surface area contributed by atoms with E-state index >= 15 is 0 Å². The number of aromatic nitrogens is 1. The zero-order valence-corrected chi connectivity index (χ0v) is 12.0. The van der Waals surface area contributed by atoms with E-state index in [0.29, 0.717) is 24.1 Å². The first-order chi connectivity index (χ1) is 10.2. The Morgan fingerprint density at radius 1 is 1.43 bits per heavy atom. The molecule has 1 atom stereocenters. The van der Waals surface area contributed by atoms with Crippen LogP contribution in [0.5, 0.6) is 0 Å². The summed E-state index contributed by atoms with van der Waals surface area (Å²) in [6.07, 6.45) is 1.54. The Bertz CT molecular complexity index is 659. The van der Waals surface area contributed by atoms with Crippen LogP contribution < -0.4 is 11.1 Å². The third kappa shape index (κ3) is 3.72. The van der Waals surface area contributed by atoms with E-state index in [-0.39, 0.29) is 25.0 Å². The number of carbonyl (C=O) groups is 1. The highest BCUT2D eigenvalue weighted by Crippen LogP contribution is 2.11. The zero-order chi connectivity index (χ0) is 15.2. The molecule has 1 heterocycles. The summed E-state index contributed by atoms with van der Waals surface area (Å²) < 4.78 is 6.40. The molecular weight excluding hydrogens is 272 g/mol. The molecule has 1 aromatic heterocycles. The molecule has 0 saturated heterocycles. The highest BCUT2D eigenvalue weighted by Gasteiger charge is 2.13. The summed E-state index contributed by atoms with van der Waals surface area (Å²) >= 11 is 0. The molecule has 114 valence electrons. The lowest BCUT2D eigenvalue weighted by Gasteiger charge is -2.14. The van der Waals surface area contributed by atoms with Crippen molar-refractivity contribution in [2.24, 2.45) is 5.92 Å². The summed E-state index contributed by atoms with van der Waals surface area (Å²) in [6, 6.07) is 7.00. The van der Waals surface area contributed by atoms with Gasteiger partial charge in [-0.2, -0.15) is 0 Å². The Labute approximate surface area is 122 Å². The number of amides is 1. The third-order valence-electron chi connectivity index (χ3n) is 3.58. The molecule has 0 aliphatic heterocycles. The van der Waals surface area contributed by atoms with E-state index in [2.05, 4.69) is 5.32 Å². The number of nitrogens with one attached hydrogen (secondary N) is 1. The van der Waals surface area contributed by atoms with Crippen LogP contribution in [0, 0.1) is 5.92 Å². The van der Waals surface area contributed by atoms with Gasteiger partial charge < -0.3 is 14.8 Å². The third-order valence-corrected chi connectivity index (χ3v) is 3.58. The second kappa shape index (κ2) is 7.08. The van der Waals surface area contributed by atoms with E-state index in [1.807, 2.05) is 6.92 Å². The number of hydrogen-bond acceptors (Lipinski definition) is 4. The van der Waals surface area contributed by atoms with Crippen molar-refractivity contribution in [3.63, 3.8) is 0 Å². The Kier molecular flexibility index (Phi) is 5.16. The van der Waals surface area contributed by atoms with E-state index < -0.39 is 5.76 Å². The van der Waals surface area contributed by atoms with Crippen LogP contribution in [0.3, 0.4) is 0 Å². The smallest absolute Gasteiger partial charge is 0.408 e. The Hall–Kier alpha value is -2.08. The molecule has 0 aliphatic carbocycles. The molecule has 0 fully saturated rings. The van der Waals surface area contributed by atoms with Gasteiger partial charge in [0.2, 0.25) is 5.91 Å². The average molecular weight is 292 g/mol. The minimum absolute atomic E-state index is 0.0641. The standard InChI is InChI=1S/C15H20N2O4/c1-2-11(7-8-18)9-16-14(19)10-17-12-5-3-4-6-13(12)21-15(17)20/h3-6,11,18H,2,7-10H2,1H3,(H,16,19). The molecule has 6 heteroatoms. The van der Waals surface area contributed by atoms with Crippen LogP contribution in [0.25, 0.3) is 11.1 Å². The molecule has 2 aromatic rings. The van der Waals surface area contributed by atoms with Gasteiger partial charge >= 0.3 is 5.76 Å². The number of nitrogens with zero attached hydrogens (tertiary/aromatic N) is 1. The lowest BCUT2D eigenvalue weighted by atomic mass is 10.0. The van der Waals surface area contributed by atoms with Gasteiger partial charge in [0.1, 0.15) is 6.54 Å². The predicted octanol–water partition coefficient (Wildman–Crippen LogP) is 1.12. The molecular formula is C15H20N2O4. The quantitative estimate of drug-likeness (QED) is 0.801. The van der Waals surface area contributed by atoms with Crippen molar-refractivity contribution in [2.75, 3.05) is 13.2 Å². The second-order valence-corrected chi connectivity index (χ2v) is 5.01. The van der Waals surface area contributed by atoms with Crippen LogP contribution in [-0.2, 0) is 11.3 Å². The van der Waals surface area contributed by atoms with Crippen LogP contribution in [0.2, 0.25) is 0 Å². The maximum atomic E-state index is 12.0. The van der Waals surface area contributed by atoms with Crippen LogP contribution in [-0.4, -0.2) is 28.7 Å². The van der Waals surface area contributed by atoms with E-state index in [0.717, 1.165) is 6.42 Å². The van der Waals surface area contributed by atoms with Gasteiger partial charge in [0.15, 0.2) is 5.58 Å². The van der Waals surface area contributed by atoms with Crippen LogP contribution in [0.15, 0.2) is 33.5 Å². The summed E-state index contributed by atoms with van der Waals surface area (Å²) in [5.74, 6) is -0.523. The molecule has 6 nitrogen and oxygen atoms in total. The van der Waals surface area contributed by atoms with Crippen molar-refractivity contribution in [2.45, 2.75) is 26.3 Å². The van der Waals surface area contributed by atoms with E-state index in [4.69, 9.17) is 9.52 Å². The first-order valence-electron chi connectivity index (χ1n) is 7.11. The van der Waals surface area contributed by atoms with Crippen molar-refractivity contribution in [1.29, 1.82) is 0 Å². The summed E-state index contributed by atoms with van der Waals surface area (Å²) in [5, 5.41) is 11.7. The predicted molar refractivity (Wildman–Crippen MR) is 79.0 cm³/mol. The van der Waals surface area contributed by atoms with Gasteiger partial charge in [-0.3, -0.25) is 9.36 Å². The monoisotopic (exact) mass is 292 g/mol. The van der Waals surface area contributed by atoms with Crippen LogP contribution >= 0.6 is 0 Å². The van der Waals surface area contributed by atoms with Gasteiger partial charge in [-0.1, -0.05) is 25.5 Å². The fourth-order valence-electron chi connectivity index (χ4n) is 2.25. The maximum absolute atomic E-state index is 12.0. The molecule has 0 aliphatic rings. The molecule has 0 spiro atoms. The number of aliphatic hydroxyl groups excluding tert-OH is 1. The number of benzene rings is 1. The Morgan fingerprint density at radius 3 is 2.90 bits per heavy atom. The van der Waals surface area contributed by atoms with Crippen molar-refractivity contribution in [3.8, 4) is 0 Å². The number of fused-ring (bicyclic) bond motifs is 1. The van der Waals surface area contributed by atoms with E-state index in [1.165, 1.54) is 4.57 Å². The molecule has 1 aromatic carbocycles. The highest BCUT2D eigenvalue weighted by molar-refractivity contribution is 5.79. The molecule has 0 radical (unpaired) electrons. The normalized spacial score (nSPS) is 12.5. The lowest BCUT2D eigenvalue weighted by molar-refractivity contribution is -0.121. The average Bonchev–Trinajstić information content (AvgIpc) is 2.80.